The monoisotopic (exact) mass is 228 g/mol. The van der Waals surface area contributed by atoms with Crippen molar-refractivity contribution in [3.8, 4) is 0 Å². The average Bonchev–Trinajstić information content (AvgIpc) is 2.32. The molecule has 16 heavy (non-hydrogen) atoms. The number of hydrogen-bond acceptors (Lipinski definition) is 2. The van der Waals surface area contributed by atoms with Crippen molar-refractivity contribution in [1.29, 1.82) is 0 Å². The molecule has 0 fully saturated rings. The topological polar surface area (TPSA) is 52.0 Å². The van der Waals surface area contributed by atoms with Crippen molar-refractivity contribution >= 4 is 0 Å². The summed E-state index contributed by atoms with van der Waals surface area (Å²) in [5.41, 5.74) is 12.3. The molecule has 98 valence electrons. The molecule has 0 spiro atoms. The highest BCUT2D eigenvalue weighted by Gasteiger charge is 2.27. The Morgan fingerprint density at radius 3 is 1.88 bits per heavy atom. The van der Waals surface area contributed by atoms with Gasteiger partial charge in [0, 0.05) is 11.6 Å². The van der Waals surface area contributed by atoms with Gasteiger partial charge in [-0.25, -0.2) is 0 Å². The van der Waals surface area contributed by atoms with E-state index in [0.717, 1.165) is 19.3 Å². The van der Waals surface area contributed by atoms with E-state index in [0.29, 0.717) is 0 Å². The zero-order chi connectivity index (χ0) is 12.4. The molecule has 0 aromatic heterocycles. The van der Waals surface area contributed by atoms with Gasteiger partial charge >= 0.3 is 0 Å². The third kappa shape index (κ3) is 5.86. The Hall–Kier alpha value is -0.0800. The summed E-state index contributed by atoms with van der Waals surface area (Å²) in [6, 6.07) is 0.175. The summed E-state index contributed by atoms with van der Waals surface area (Å²) in [4.78, 5) is 0. The molecule has 0 rings (SSSR count). The van der Waals surface area contributed by atoms with E-state index < -0.39 is 0 Å². The molecule has 4 N–H and O–H groups in total. The first kappa shape index (κ1) is 15.9. The van der Waals surface area contributed by atoms with Crippen LogP contribution in [0.4, 0.5) is 0 Å². The van der Waals surface area contributed by atoms with Gasteiger partial charge in [0.15, 0.2) is 0 Å². The summed E-state index contributed by atoms with van der Waals surface area (Å²) >= 11 is 0. The third-order valence-corrected chi connectivity index (χ3v) is 3.92. The van der Waals surface area contributed by atoms with Gasteiger partial charge < -0.3 is 11.5 Å². The third-order valence-electron chi connectivity index (χ3n) is 3.92. The van der Waals surface area contributed by atoms with Crippen LogP contribution in [0.5, 0.6) is 0 Å². The Morgan fingerprint density at radius 2 is 1.38 bits per heavy atom. The molecule has 0 aliphatic carbocycles. The first-order chi connectivity index (χ1) is 7.60. The lowest BCUT2D eigenvalue weighted by Gasteiger charge is -2.33. The fraction of sp³-hybridized carbons (Fsp3) is 1.00. The van der Waals surface area contributed by atoms with Gasteiger partial charge in [-0.3, -0.25) is 0 Å². The molecule has 2 nitrogen and oxygen atoms in total. The van der Waals surface area contributed by atoms with E-state index in [-0.39, 0.29) is 11.6 Å². The van der Waals surface area contributed by atoms with Gasteiger partial charge in [-0.15, -0.1) is 0 Å². The van der Waals surface area contributed by atoms with Crippen LogP contribution in [0.2, 0.25) is 0 Å². The zero-order valence-corrected chi connectivity index (χ0v) is 11.6. The van der Waals surface area contributed by atoms with E-state index in [1.54, 1.807) is 0 Å². The predicted octanol–water partition coefficient (Wildman–Crippen LogP) is 3.58. The fourth-order valence-electron chi connectivity index (χ4n) is 2.21. The predicted molar refractivity (Wildman–Crippen MR) is 73.5 cm³/mol. The summed E-state index contributed by atoms with van der Waals surface area (Å²) in [5, 5.41) is 0. The SMILES string of the molecule is CCCCCCCCC(N)C(N)(CC)CC. The van der Waals surface area contributed by atoms with E-state index in [1.165, 1.54) is 38.5 Å². The van der Waals surface area contributed by atoms with Crippen molar-refractivity contribution < 1.29 is 0 Å². The van der Waals surface area contributed by atoms with E-state index in [2.05, 4.69) is 20.8 Å². The maximum absolute atomic E-state index is 6.28. The molecule has 1 atom stereocenters. The van der Waals surface area contributed by atoms with Crippen LogP contribution in [0.1, 0.15) is 78.6 Å². The molecule has 2 heteroatoms. The first-order valence-electron chi connectivity index (χ1n) is 7.15. The molecule has 0 radical (unpaired) electrons. The minimum Gasteiger partial charge on any atom is -0.326 e. The average molecular weight is 228 g/mol. The lowest BCUT2D eigenvalue weighted by Crippen LogP contribution is -2.54. The van der Waals surface area contributed by atoms with Crippen LogP contribution in [0.15, 0.2) is 0 Å². The molecule has 0 aliphatic heterocycles. The lowest BCUT2D eigenvalue weighted by molar-refractivity contribution is 0.301. The van der Waals surface area contributed by atoms with Crippen LogP contribution in [0.25, 0.3) is 0 Å². The van der Waals surface area contributed by atoms with Crippen molar-refractivity contribution in [2.45, 2.75) is 90.1 Å². The number of hydrogen-bond donors (Lipinski definition) is 2. The van der Waals surface area contributed by atoms with Crippen LogP contribution in [-0.4, -0.2) is 11.6 Å². The van der Waals surface area contributed by atoms with Crippen molar-refractivity contribution in [3.63, 3.8) is 0 Å². The Balaban J connectivity index is 3.60. The highest BCUT2D eigenvalue weighted by molar-refractivity contribution is 4.91. The highest BCUT2D eigenvalue weighted by atomic mass is 14.8. The second-order valence-corrected chi connectivity index (χ2v) is 5.10. The van der Waals surface area contributed by atoms with Gasteiger partial charge in [-0.05, 0) is 19.3 Å². The molecular weight excluding hydrogens is 196 g/mol. The lowest BCUT2D eigenvalue weighted by atomic mass is 9.83. The van der Waals surface area contributed by atoms with Crippen molar-refractivity contribution in [3.05, 3.63) is 0 Å². The van der Waals surface area contributed by atoms with Crippen LogP contribution < -0.4 is 11.5 Å². The van der Waals surface area contributed by atoms with Crippen molar-refractivity contribution in [2.24, 2.45) is 11.5 Å². The Kier molecular flexibility index (Phi) is 8.96. The van der Waals surface area contributed by atoms with Gasteiger partial charge in [-0.1, -0.05) is 59.3 Å². The first-order valence-corrected chi connectivity index (χ1v) is 7.15. The molecule has 0 saturated heterocycles. The summed E-state index contributed by atoms with van der Waals surface area (Å²) < 4.78 is 0. The molecule has 1 unspecified atom stereocenters. The summed E-state index contributed by atoms with van der Waals surface area (Å²) in [6.45, 7) is 6.54. The summed E-state index contributed by atoms with van der Waals surface area (Å²) in [6.07, 6.45) is 11.0. The molecule has 0 bridgehead atoms. The second-order valence-electron chi connectivity index (χ2n) is 5.10. The molecule has 0 amide bonds. The van der Waals surface area contributed by atoms with Gasteiger partial charge in [-0.2, -0.15) is 0 Å². The second kappa shape index (κ2) is 9.00. The summed E-state index contributed by atoms with van der Waals surface area (Å²) in [5.74, 6) is 0. The van der Waals surface area contributed by atoms with Crippen LogP contribution in [0.3, 0.4) is 0 Å². The smallest absolute Gasteiger partial charge is 0.0302 e. The normalized spacial score (nSPS) is 14.1. The standard InChI is InChI=1S/C14H32N2/c1-4-7-8-9-10-11-12-13(15)14(16,5-2)6-3/h13H,4-12,15-16H2,1-3H3. The highest BCUT2D eigenvalue weighted by Crippen LogP contribution is 2.19. The van der Waals surface area contributed by atoms with Crippen molar-refractivity contribution in [1.82, 2.24) is 0 Å². The Morgan fingerprint density at radius 1 is 0.875 bits per heavy atom. The van der Waals surface area contributed by atoms with Gasteiger partial charge in [0.05, 0.1) is 0 Å². The number of unbranched alkanes of at least 4 members (excludes halogenated alkanes) is 5. The van der Waals surface area contributed by atoms with E-state index in [9.17, 15) is 0 Å². The summed E-state index contributed by atoms with van der Waals surface area (Å²) in [7, 11) is 0. The quantitative estimate of drug-likeness (QED) is 0.561. The number of nitrogens with two attached hydrogens (primary N) is 2. The maximum atomic E-state index is 6.28. The van der Waals surface area contributed by atoms with Crippen LogP contribution >= 0.6 is 0 Å². The van der Waals surface area contributed by atoms with Gasteiger partial charge in [0.25, 0.3) is 0 Å². The van der Waals surface area contributed by atoms with Crippen molar-refractivity contribution in [2.75, 3.05) is 0 Å². The largest absolute Gasteiger partial charge is 0.326 e. The van der Waals surface area contributed by atoms with E-state index in [4.69, 9.17) is 11.5 Å². The minimum absolute atomic E-state index is 0.135. The minimum atomic E-state index is -0.135. The van der Waals surface area contributed by atoms with E-state index in [1.807, 2.05) is 0 Å². The Bertz CT molecular complexity index is 153. The van der Waals surface area contributed by atoms with Crippen LogP contribution in [0, 0.1) is 0 Å². The van der Waals surface area contributed by atoms with Gasteiger partial charge in [0.1, 0.15) is 0 Å². The molecular formula is C14H32N2. The molecule has 0 aromatic carbocycles. The Labute approximate surface area is 102 Å². The van der Waals surface area contributed by atoms with E-state index >= 15 is 0 Å². The molecule has 0 aromatic rings. The van der Waals surface area contributed by atoms with Crippen LogP contribution in [-0.2, 0) is 0 Å². The van der Waals surface area contributed by atoms with Gasteiger partial charge in [0.2, 0.25) is 0 Å². The molecule has 0 saturated carbocycles. The number of rotatable bonds is 10. The molecule has 0 heterocycles. The maximum Gasteiger partial charge on any atom is 0.0302 e. The zero-order valence-electron chi connectivity index (χ0n) is 11.6. The molecule has 0 aliphatic rings. The fourth-order valence-corrected chi connectivity index (χ4v) is 2.21.